The number of piperidine rings is 2. The molecule has 1 aromatic heterocycles. The highest BCUT2D eigenvalue weighted by Gasteiger charge is 2.42. The standard InChI is InChI=1S/C19H27N5O4/c1-14-7-22-15(8-21-14)9-24-13-19(5-3-17(24)26)4-2-6-23(12-19)18(27)11-28-10-16(20)25/h7-8H,2-6,9-13H2,1H3,(H2,20,25)/t19-/m1/s1. The number of carbonyl (C=O) groups is 3. The van der Waals surface area contributed by atoms with Crippen LogP contribution in [0.2, 0.25) is 0 Å². The van der Waals surface area contributed by atoms with E-state index >= 15 is 0 Å². The summed E-state index contributed by atoms with van der Waals surface area (Å²) in [5, 5.41) is 0. The molecule has 2 saturated heterocycles. The molecule has 2 N–H and O–H groups in total. The summed E-state index contributed by atoms with van der Waals surface area (Å²) in [5.41, 5.74) is 6.53. The Morgan fingerprint density at radius 3 is 2.75 bits per heavy atom. The molecule has 0 radical (unpaired) electrons. The first kappa shape index (κ1) is 20.2. The van der Waals surface area contributed by atoms with Gasteiger partial charge in [-0.2, -0.15) is 0 Å². The molecule has 152 valence electrons. The van der Waals surface area contributed by atoms with Gasteiger partial charge in [0, 0.05) is 37.7 Å². The maximum Gasteiger partial charge on any atom is 0.248 e. The lowest BCUT2D eigenvalue weighted by Gasteiger charge is -2.48. The van der Waals surface area contributed by atoms with E-state index in [0.29, 0.717) is 32.6 Å². The summed E-state index contributed by atoms with van der Waals surface area (Å²) in [6, 6.07) is 0. The van der Waals surface area contributed by atoms with Crippen LogP contribution in [0.1, 0.15) is 37.1 Å². The Labute approximate surface area is 164 Å². The monoisotopic (exact) mass is 389 g/mol. The Morgan fingerprint density at radius 2 is 2.04 bits per heavy atom. The van der Waals surface area contributed by atoms with Crippen LogP contribution in [0.4, 0.5) is 0 Å². The van der Waals surface area contributed by atoms with Gasteiger partial charge in [-0.15, -0.1) is 0 Å². The van der Waals surface area contributed by atoms with Crippen LogP contribution in [-0.4, -0.2) is 70.3 Å². The SMILES string of the molecule is Cc1cnc(CN2C[C@]3(CCCN(C(=O)COCC(N)=O)C3)CCC2=O)cn1. The number of ether oxygens (including phenoxy) is 1. The van der Waals surface area contributed by atoms with Gasteiger partial charge in [0.2, 0.25) is 17.7 Å². The van der Waals surface area contributed by atoms with Crippen molar-refractivity contribution in [3.05, 3.63) is 23.8 Å². The van der Waals surface area contributed by atoms with E-state index in [4.69, 9.17) is 10.5 Å². The molecular formula is C19H27N5O4. The second kappa shape index (κ2) is 8.64. The highest BCUT2D eigenvalue weighted by molar-refractivity contribution is 5.79. The van der Waals surface area contributed by atoms with Crippen molar-refractivity contribution in [2.45, 2.75) is 39.2 Å². The van der Waals surface area contributed by atoms with E-state index in [0.717, 1.165) is 30.7 Å². The zero-order valence-corrected chi connectivity index (χ0v) is 16.2. The van der Waals surface area contributed by atoms with Gasteiger partial charge in [0.15, 0.2) is 0 Å². The number of primary amides is 1. The molecule has 2 fully saturated rings. The van der Waals surface area contributed by atoms with Crippen LogP contribution in [0.15, 0.2) is 12.4 Å². The molecule has 2 aliphatic rings. The number of hydrogen-bond donors (Lipinski definition) is 1. The van der Waals surface area contributed by atoms with Crippen LogP contribution in [0, 0.1) is 12.3 Å². The molecule has 0 aromatic carbocycles. The van der Waals surface area contributed by atoms with Crippen molar-refractivity contribution in [1.29, 1.82) is 0 Å². The third-order valence-electron chi connectivity index (χ3n) is 5.42. The van der Waals surface area contributed by atoms with E-state index in [1.807, 2.05) is 11.8 Å². The number of hydrogen-bond acceptors (Lipinski definition) is 6. The largest absolute Gasteiger partial charge is 0.368 e. The van der Waals surface area contributed by atoms with Gasteiger partial charge >= 0.3 is 0 Å². The molecule has 0 aliphatic carbocycles. The summed E-state index contributed by atoms with van der Waals surface area (Å²) in [6.45, 7) is 3.76. The number of rotatable bonds is 6. The zero-order chi connectivity index (χ0) is 20.1. The van der Waals surface area contributed by atoms with E-state index in [-0.39, 0.29) is 30.4 Å². The molecule has 1 aromatic rings. The molecule has 2 aliphatic heterocycles. The van der Waals surface area contributed by atoms with Crippen LogP contribution >= 0.6 is 0 Å². The molecular weight excluding hydrogens is 362 g/mol. The van der Waals surface area contributed by atoms with Gasteiger partial charge in [0.05, 0.1) is 24.1 Å². The third kappa shape index (κ3) is 5.03. The maximum atomic E-state index is 12.4. The fraction of sp³-hybridized carbons (Fsp3) is 0.632. The van der Waals surface area contributed by atoms with Crippen molar-refractivity contribution in [3.63, 3.8) is 0 Å². The summed E-state index contributed by atoms with van der Waals surface area (Å²) in [7, 11) is 0. The first-order valence-electron chi connectivity index (χ1n) is 9.56. The van der Waals surface area contributed by atoms with E-state index < -0.39 is 5.91 Å². The highest BCUT2D eigenvalue weighted by Crippen LogP contribution is 2.39. The first-order valence-corrected chi connectivity index (χ1v) is 9.56. The number of nitrogens with two attached hydrogens (primary N) is 1. The molecule has 1 spiro atoms. The lowest BCUT2D eigenvalue weighted by atomic mass is 9.73. The molecule has 0 saturated carbocycles. The van der Waals surface area contributed by atoms with E-state index in [1.165, 1.54) is 0 Å². The predicted molar refractivity (Wildman–Crippen MR) is 99.7 cm³/mol. The van der Waals surface area contributed by atoms with Crippen molar-refractivity contribution in [3.8, 4) is 0 Å². The summed E-state index contributed by atoms with van der Waals surface area (Å²) in [4.78, 5) is 47.9. The van der Waals surface area contributed by atoms with Gasteiger partial charge in [-0.25, -0.2) is 0 Å². The molecule has 3 amide bonds. The quantitative estimate of drug-likeness (QED) is 0.733. The van der Waals surface area contributed by atoms with Crippen LogP contribution in [0.25, 0.3) is 0 Å². The molecule has 0 bridgehead atoms. The van der Waals surface area contributed by atoms with Crippen LogP contribution in [0.3, 0.4) is 0 Å². The van der Waals surface area contributed by atoms with Gasteiger partial charge in [-0.3, -0.25) is 24.4 Å². The average molecular weight is 389 g/mol. The zero-order valence-electron chi connectivity index (χ0n) is 16.2. The number of carbonyl (C=O) groups excluding carboxylic acids is 3. The molecule has 28 heavy (non-hydrogen) atoms. The number of aromatic nitrogens is 2. The Balaban J connectivity index is 1.62. The van der Waals surface area contributed by atoms with Crippen molar-refractivity contribution >= 4 is 17.7 Å². The summed E-state index contributed by atoms with van der Waals surface area (Å²) in [5.74, 6) is -0.627. The fourth-order valence-electron chi connectivity index (χ4n) is 4.03. The summed E-state index contributed by atoms with van der Waals surface area (Å²) >= 11 is 0. The number of likely N-dealkylation sites (tertiary alicyclic amines) is 2. The minimum absolute atomic E-state index is 0.108. The topological polar surface area (TPSA) is 119 Å². The molecule has 9 nitrogen and oxygen atoms in total. The smallest absolute Gasteiger partial charge is 0.248 e. The van der Waals surface area contributed by atoms with Gasteiger partial charge in [-0.05, 0) is 26.2 Å². The Morgan fingerprint density at radius 1 is 1.21 bits per heavy atom. The van der Waals surface area contributed by atoms with Gasteiger partial charge in [0.25, 0.3) is 0 Å². The Kier molecular flexibility index (Phi) is 6.23. The summed E-state index contributed by atoms with van der Waals surface area (Å²) < 4.78 is 5.07. The Hall–Kier alpha value is -2.55. The lowest BCUT2D eigenvalue weighted by Crippen LogP contribution is -2.55. The van der Waals surface area contributed by atoms with Crippen LogP contribution < -0.4 is 5.73 Å². The second-order valence-electron chi connectivity index (χ2n) is 7.78. The number of aryl methyl sites for hydroxylation is 1. The van der Waals surface area contributed by atoms with E-state index in [2.05, 4.69) is 9.97 Å². The minimum atomic E-state index is -0.594. The van der Waals surface area contributed by atoms with E-state index in [9.17, 15) is 14.4 Å². The van der Waals surface area contributed by atoms with Crippen LogP contribution in [0.5, 0.6) is 0 Å². The minimum Gasteiger partial charge on any atom is -0.368 e. The Bertz CT molecular complexity index is 738. The highest BCUT2D eigenvalue weighted by atomic mass is 16.5. The number of nitrogens with zero attached hydrogens (tertiary/aromatic N) is 4. The van der Waals surface area contributed by atoms with Crippen LogP contribution in [-0.2, 0) is 25.7 Å². The number of amides is 3. The third-order valence-corrected chi connectivity index (χ3v) is 5.42. The molecule has 0 unspecified atom stereocenters. The molecule has 1 atom stereocenters. The normalized spacial score (nSPS) is 22.5. The van der Waals surface area contributed by atoms with Crippen molar-refractivity contribution in [1.82, 2.24) is 19.8 Å². The van der Waals surface area contributed by atoms with Gasteiger partial charge < -0.3 is 20.3 Å². The average Bonchev–Trinajstić information content (AvgIpc) is 2.66. The second-order valence-corrected chi connectivity index (χ2v) is 7.78. The van der Waals surface area contributed by atoms with Crippen molar-refractivity contribution in [2.75, 3.05) is 32.8 Å². The van der Waals surface area contributed by atoms with Crippen molar-refractivity contribution in [2.24, 2.45) is 11.1 Å². The molecule has 9 heteroatoms. The lowest BCUT2D eigenvalue weighted by molar-refractivity contribution is -0.146. The van der Waals surface area contributed by atoms with E-state index in [1.54, 1.807) is 17.3 Å². The maximum absolute atomic E-state index is 12.4. The predicted octanol–water partition coefficient (Wildman–Crippen LogP) is 0.0181. The van der Waals surface area contributed by atoms with Gasteiger partial charge in [-0.1, -0.05) is 0 Å². The van der Waals surface area contributed by atoms with Crippen molar-refractivity contribution < 1.29 is 19.1 Å². The van der Waals surface area contributed by atoms with Gasteiger partial charge in [0.1, 0.15) is 13.2 Å². The molecule has 3 rings (SSSR count). The molecule has 3 heterocycles. The summed E-state index contributed by atoms with van der Waals surface area (Å²) in [6.07, 6.45) is 6.51. The fourth-order valence-corrected chi connectivity index (χ4v) is 4.03. The first-order chi connectivity index (χ1) is 13.4.